The Morgan fingerprint density at radius 2 is 2.30 bits per heavy atom. The number of carbonyl (C=O) groups excluding carboxylic acids is 2. The highest BCUT2D eigenvalue weighted by Crippen LogP contribution is 2.24. The Balaban J connectivity index is 1.79. The molecule has 1 aliphatic heterocycles. The monoisotopic (exact) mass is 334 g/mol. The van der Waals surface area contributed by atoms with E-state index in [2.05, 4.69) is 10.4 Å². The van der Waals surface area contributed by atoms with Gasteiger partial charge in [-0.1, -0.05) is 0 Å². The molecule has 0 saturated heterocycles. The molecule has 2 aromatic heterocycles. The van der Waals surface area contributed by atoms with Gasteiger partial charge in [0.25, 0.3) is 0 Å². The van der Waals surface area contributed by atoms with Crippen molar-refractivity contribution in [1.29, 1.82) is 0 Å². The summed E-state index contributed by atoms with van der Waals surface area (Å²) in [4.78, 5) is 26.1. The van der Waals surface area contributed by atoms with Crippen LogP contribution < -0.4 is 5.32 Å². The maximum Gasteiger partial charge on any atom is 0.359 e. The zero-order valence-corrected chi connectivity index (χ0v) is 13.9. The molecule has 0 aromatic carbocycles. The molecule has 0 unspecified atom stereocenters. The second-order valence-corrected chi connectivity index (χ2v) is 6.14. The molecular weight excluding hydrogens is 316 g/mol. The van der Waals surface area contributed by atoms with Gasteiger partial charge in [0.15, 0.2) is 5.69 Å². The van der Waals surface area contributed by atoms with Crippen LogP contribution in [0.3, 0.4) is 0 Å². The number of carbonyl (C=O) groups is 2. The lowest BCUT2D eigenvalue weighted by Crippen LogP contribution is -2.39. The second-order valence-electron chi connectivity index (χ2n) is 5.20. The quantitative estimate of drug-likeness (QED) is 0.874. The van der Waals surface area contributed by atoms with Crippen molar-refractivity contribution in [2.24, 2.45) is 7.05 Å². The van der Waals surface area contributed by atoms with Gasteiger partial charge in [-0.3, -0.25) is 10.00 Å². The van der Waals surface area contributed by atoms with Crippen LogP contribution in [-0.4, -0.2) is 39.8 Å². The summed E-state index contributed by atoms with van der Waals surface area (Å²) in [5, 5.41) is 9.84. The van der Waals surface area contributed by atoms with Crippen molar-refractivity contribution in [2.75, 3.05) is 18.5 Å². The first-order valence-electron chi connectivity index (χ1n) is 7.41. The molecule has 0 bridgehead atoms. The number of urea groups is 1. The van der Waals surface area contributed by atoms with Crippen LogP contribution >= 0.6 is 11.3 Å². The van der Waals surface area contributed by atoms with Crippen LogP contribution in [0.5, 0.6) is 0 Å². The fourth-order valence-corrected chi connectivity index (χ4v) is 3.27. The lowest BCUT2D eigenvalue weighted by molar-refractivity contribution is 0.0516. The maximum absolute atomic E-state index is 12.4. The summed E-state index contributed by atoms with van der Waals surface area (Å²) in [5.41, 5.74) is 2.06. The highest BCUT2D eigenvalue weighted by molar-refractivity contribution is 7.14. The summed E-state index contributed by atoms with van der Waals surface area (Å²) in [6.07, 6.45) is 0.663. The fourth-order valence-electron chi connectivity index (χ4n) is 2.66. The van der Waals surface area contributed by atoms with Crippen molar-refractivity contribution in [3.8, 4) is 0 Å². The Morgan fingerprint density at radius 3 is 3.00 bits per heavy atom. The van der Waals surface area contributed by atoms with Gasteiger partial charge in [-0.15, -0.1) is 11.3 Å². The minimum absolute atomic E-state index is 0.170. The summed E-state index contributed by atoms with van der Waals surface area (Å²) >= 11 is 1.47. The Morgan fingerprint density at radius 1 is 1.48 bits per heavy atom. The predicted octanol–water partition coefficient (Wildman–Crippen LogP) is 2.25. The number of nitrogens with one attached hydrogen (secondary N) is 1. The van der Waals surface area contributed by atoms with Crippen LogP contribution in [-0.2, 0) is 24.8 Å². The number of hydrogen-bond donors (Lipinski definition) is 1. The molecule has 8 heteroatoms. The third-order valence-electron chi connectivity index (χ3n) is 3.75. The van der Waals surface area contributed by atoms with Gasteiger partial charge in [-0.25, -0.2) is 9.59 Å². The van der Waals surface area contributed by atoms with E-state index in [1.807, 2.05) is 24.6 Å². The molecule has 3 heterocycles. The number of amides is 2. The van der Waals surface area contributed by atoms with E-state index in [4.69, 9.17) is 4.74 Å². The maximum atomic E-state index is 12.4. The number of hydrogen-bond acceptors (Lipinski definition) is 5. The normalized spacial score (nSPS) is 13.6. The summed E-state index contributed by atoms with van der Waals surface area (Å²) in [6, 6.07) is 3.57. The number of rotatable bonds is 3. The minimum atomic E-state index is -0.440. The van der Waals surface area contributed by atoms with E-state index in [0.29, 0.717) is 31.8 Å². The molecule has 1 N–H and O–H groups in total. The minimum Gasteiger partial charge on any atom is -0.461 e. The molecule has 1 aliphatic rings. The number of esters is 1. The van der Waals surface area contributed by atoms with Gasteiger partial charge >= 0.3 is 12.0 Å². The smallest absolute Gasteiger partial charge is 0.359 e. The molecule has 0 fully saturated rings. The van der Waals surface area contributed by atoms with E-state index in [0.717, 1.165) is 16.3 Å². The molecule has 3 rings (SSSR count). The highest BCUT2D eigenvalue weighted by Gasteiger charge is 2.29. The number of ether oxygens (including phenoxy) is 1. The number of aromatic nitrogens is 2. The zero-order chi connectivity index (χ0) is 16.4. The summed E-state index contributed by atoms with van der Waals surface area (Å²) in [5.74, 6) is -0.440. The Hall–Kier alpha value is -2.35. The molecule has 23 heavy (non-hydrogen) atoms. The molecule has 122 valence electrons. The SMILES string of the molecule is CCOC(=O)c1nn(C)c2c1CN(C(=O)Nc1cccs1)CC2. The lowest BCUT2D eigenvalue weighted by Gasteiger charge is -2.27. The largest absolute Gasteiger partial charge is 0.461 e. The van der Waals surface area contributed by atoms with Gasteiger partial charge in [-0.2, -0.15) is 5.10 Å². The van der Waals surface area contributed by atoms with Gasteiger partial charge in [-0.05, 0) is 24.4 Å². The van der Waals surface area contributed by atoms with Gasteiger partial charge < -0.3 is 9.64 Å². The molecule has 2 amide bonds. The van der Waals surface area contributed by atoms with E-state index >= 15 is 0 Å². The molecular formula is C15H18N4O3S. The molecule has 7 nitrogen and oxygen atoms in total. The average Bonchev–Trinajstić information content (AvgIpc) is 3.15. The highest BCUT2D eigenvalue weighted by atomic mass is 32.1. The summed E-state index contributed by atoms with van der Waals surface area (Å²) in [7, 11) is 1.81. The zero-order valence-electron chi connectivity index (χ0n) is 13.0. The van der Waals surface area contributed by atoms with E-state index < -0.39 is 5.97 Å². The van der Waals surface area contributed by atoms with Crippen molar-refractivity contribution in [2.45, 2.75) is 19.9 Å². The number of fused-ring (bicyclic) bond motifs is 1. The number of anilines is 1. The first-order valence-corrected chi connectivity index (χ1v) is 8.29. The summed E-state index contributed by atoms with van der Waals surface area (Å²) < 4.78 is 6.76. The number of nitrogens with zero attached hydrogens (tertiary/aromatic N) is 3. The molecule has 2 aromatic rings. The standard InChI is InChI=1S/C15H18N4O3S/c1-3-22-14(20)13-10-9-19(7-6-11(10)18(2)17-13)15(21)16-12-5-4-8-23-12/h4-5,8H,3,6-7,9H2,1-2H3,(H,16,21). The van der Waals surface area contributed by atoms with Gasteiger partial charge in [0.2, 0.25) is 0 Å². The Labute approximate surface area is 137 Å². The fraction of sp³-hybridized carbons (Fsp3) is 0.400. The van der Waals surface area contributed by atoms with Crippen LogP contribution in [0, 0.1) is 0 Å². The number of thiophene rings is 1. The van der Waals surface area contributed by atoms with Gasteiger partial charge in [0.05, 0.1) is 18.2 Å². The Kier molecular flexibility index (Phi) is 4.33. The first kappa shape index (κ1) is 15.5. The van der Waals surface area contributed by atoms with Crippen molar-refractivity contribution < 1.29 is 14.3 Å². The first-order chi connectivity index (χ1) is 11.1. The van der Waals surface area contributed by atoms with Crippen molar-refractivity contribution in [1.82, 2.24) is 14.7 Å². The Bertz CT molecular complexity index is 723. The van der Waals surface area contributed by atoms with Crippen molar-refractivity contribution in [3.05, 3.63) is 34.5 Å². The molecule has 0 atom stereocenters. The van der Waals surface area contributed by atoms with Crippen molar-refractivity contribution >= 4 is 28.3 Å². The predicted molar refractivity (Wildman–Crippen MR) is 86.6 cm³/mol. The third kappa shape index (κ3) is 3.07. The average molecular weight is 334 g/mol. The van der Waals surface area contributed by atoms with Crippen LogP contribution in [0.1, 0.15) is 28.7 Å². The number of aryl methyl sites for hydroxylation is 1. The summed E-state index contributed by atoms with van der Waals surface area (Å²) in [6.45, 7) is 3.00. The van der Waals surface area contributed by atoms with E-state index in [1.165, 1.54) is 11.3 Å². The van der Waals surface area contributed by atoms with Crippen LogP contribution in [0.2, 0.25) is 0 Å². The van der Waals surface area contributed by atoms with Crippen LogP contribution in [0.25, 0.3) is 0 Å². The third-order valence-corrected chi connectivity index (χ3v) is 4.53. The lowest BCUT2D eigenvalue weighted by atomic mass is 10.1. The van der Waals surface area contributed by atoms with Crippen molar-refractivity contribution in [3.63, 3.8) is 0 Å². The molecule has 0 spiro atoms. The van der Waals surface area contributed by atoms with E-state index in [-0.39, 0.29) is 6.03 Å². The topological polar surface area (TPSA) is 76.5 Å². The van der Waals surface area contributed by atoms with Crippen LogP contribution in [0.4, 0.5) is 9.80 Å². The second kappa shape index (κ2) is 6.41. The molecule has 0 aliphatic carbocycles. The van der Waals surface area contributed by atoms with Crippen LogP contribution in [0.15, 0.2) is 17.5 Å². The van der Waals surface area contributed by atoms with E-state index in [1.54, 1.807) is 16.5 Å². The molecule has 0 saturated carbocycles. The van der Waals surface area contributed by atoms with Gasteiger partial charge in [0, 0.05) is 31.3 Å². The van der Waals surface area contributed by atoms with Gasteiger partial charge in [0.1, 0.15) is 0 Å². The van der Waals surface area contributed by atoms with E-state index in [9.17, 15) is 9.59 Å². The molecule has 0 radical (unpaired) electrons.